The molecule has 9 rings (SSSR count). The number of carbonyl (C=O) groups excluding carboxylic acids is 2. The number of halogens is 3. The average molecular weight is 1070 g/mol. The highest BCUT2D eigenvalue weighted by Crippen LogP contribution is 2.42. The van der Waals surface area contributed by atoms with Gasteiger partial charge < -0.3 is 35.4 Å². The van der Waals surface area contributed by atoms with Crippen LogP contribution >= 0.6 is 0 Å². The molecular formula is C53H61F3N12O7S. The van der Waals surface area contributed by atoms with E-state index in [0.29, 0.717) is 41.8 Å². The van der Waals surface area contributed by atoms with Crippen molar-refractivity contribution in [1.82, 2.24) is 44.7 Å². The normalized spacial score (nSPS) is 16.1. The number of phenolic OH excluding ortho intramolecular Hbond substituents is 2. The van der Waals surface area contributed by atoms with Crippen LogP contribution in [0.2, 0.25) is 0 Å². The summed E-state index contributed by atoms with van der Waals surface area (Å²) in [5.41, 5.74) is 4.40. The number of benzene rings is 4. The molecule has 4 N–H and O–H groups in total. The van der Waals surface area contributed by atoms with E-state index >= 15 is 0 Å². The third-order valence-electron chi connectivity index (χ3n) is 13.9. The Kier molecular flexibility index (Phi) is 15.5. The highest BCUT2D eigenvalue weighted by Gasteiger charge is 2.36. The van der Waals surface area contributed by atoms with Gasteiger partial charge in [-0.1, -0.05) is 44.2 Å². The minimum atomic E-state index is -4.65. The number of sulfonamides is 1. The Morgan fingerprint density at radius 1 is 0.842 bits per heavy atom. The number of nitrogens with one attached hydrogen (secondary N) is 2. The Bertz CT molecular complexity index is 3210. The topological polar surface area (TPSA) is 215 Å². The van der Waals surface area contributed by atoms with Crippen molar-refractivity contribution < 1.29 is 46.1 Å². The predicted molar refractivity (Wildman–Crippen MR) is 281 cm³/mol. The van der Waals surface area contributed by atoms with Gasteiger partial charge in [-0.15, -0.1) is 10.2 Å². The Balaban J connectivity index is 0.784. The number of nitrogens with zero attached hydrogens (tertiary/aromatic N) is 10. The number of rotatable bonds is 16. The molecule has 6 aromatic rings. The summed E-state index contributed by atoms with van der Waals surface area (Å²) in [6.07, 6.45) is -0.000599. The molecule has 0 aliphatic carbocycles. The number of anilines is 5. The van der Waals surface area contributed by atoms with Crippen LogP contribution in [0.3, 0.4) is 0 Å². The first-order chi connectivity index (χ1) is 36.2. The smallest absolute Gasteiger partial charge is 0.405 e. The first-order valence-corrected chi connectivity index (χ1v) is 27.0. The number of ether oxygens (including phenoxy) is 1. The minimum absolute atomic E-state index is 0.0210. The number of alkyl halides is 3. The lowest BCUT2D eigenvalue weighted by molar-refractivity contribution is -0.123. The number of fused-ring (bicyclic) bond motifs is 2. The zero-order chi connectivity index (χ0) is 54.1. The van der Waals surface area contributed by atoms with Gasteiger partial charge in [-0.05, 0) is 104 Å². The number of piperazine rings is 1. The molecule has 402 valence electrons. The Morgan fingerprint density at radius 2 is 1.51 bits per heavy atom. The number of hydrogen-bond donors (Lipinski definition) is 4. The number of aromatic hydroxyl groups is 2. The van der Waals surface area contributed by atoms with Crippen molar-refractivity contribution in [2.45, 2.75) is 58.8 Å². The molecule has 0 saturated carbocycles. The summed E-state index contributed by atoms with van der Waals surface area (Å²) in [6.45, 7) is 12.4. The zero-order valence-electron chi connectivity index (χ0n) is 42.9. The lowest BCUT2D eigenvalue weighted by Crippen LogP contribution is -2.48. The number of likely N-dealkylation sites (tertiary alicyclic amines) is 1. The van der Waals surface area contributed by atoms with E-state index in [1.807, 2.05) is 56.4 Å². The molecule has 3 aliphatic heterocycles. The molecule has 0 bridgehead atoms. The van der Waals surface area contributed by atoms with E-state index in [0.717, 1.165) is 86.9 Å². The molecule has 0 unspecified atom stereocenters. The Labute approximate surface area is 439 Å². The number of para-hydroxylation sites is 1. The van der Waals surface area contributed by atoms with Gasteiger partial charge in [0.05, 0.1) is 41.6 Å². The molecule has 0 spiro atoms. The summed E-state index contributed by atoms with van der Waals surface area (Å²) < 4.78 is 74.2. The van der Waals surface area contributed by atoms with E-state index in [-0.39, 0.29) is 63.4 Å². The number of amides is 2. The first kappa shape index (κ1) is 53.5. The molecular weight excluding hydrogens is 1010 g/mol. The van der Waals surface area contributed by atoms with E-state index in [1.54, 1.807) is 43.4 Å². The van der Waals surface area contributed by atoms with E-state index in [9.17, 15) is 41.4 Å². The van der Waals surface area contributed by atoms with Crippen LogP contribution in [0.4, 0.5) is 42.0 Å². The lowest BCUT2D eigenvalue weighted by atomic mass is 9.95. The molecule has 76 heavy (non-hydrogen) atoms. The van der Waals surface area contributed by atoms with Crippen LogP contribution in [0, 0.1) is 5.92 Å². The van der Waals surface area contributed by atoms with Gasteiger partial charge in [0.25, 0.3) is 11.8 Å². The average Bonchev–Trinajstić information content (AvgIpc) is 3.80. The van der Waals surface area contributed by atoms with Gasteiger partial charge in [0.15, 0.2) is 11.6 Å². The van der Waals surface area contributed by atoms with Crippen LogP contribution in [0.15, 0.2) is 85.1 Å². The molecule has 5 heterocycles. The van der Waals surface area contributed by atoms with Crippen molar-refractivity contribution >= 4 is 50.7 Å². The molecule has 0 atom stereocenters. The molecule has 2 fully saturated rings. The SMILES string of the molecule is CCOc1cc(CN2CCC(CN3CCN(Cc4ccc(-n5c(C(=O)NCC(F)(F)F)nnc5-c5cc(C(C)C)c(O)cc5O)cc4)CC3)CC2)ccc1Nc1ncc2c(n1)N(S(C)(=O)=O)c1ccccc1C(=O)N2C. The van der Waals surface area contributed by atoms with Crippen LogP contribution in [-0.2, 0) is 23.1 Å². The van der Waals surface area contributed by atoms with Gasteiger partial charge in [0, 0.05) is 64.6 Å². The second-order valence-electron chi connectivity index (χ2n) is 19.7. The van der Waals surface area contributed by atoms with Gasteiger partial charge >= 0.3 is 6.18 Å². The molecule has 2 aromatic heterocycles. The van der Waals surface area contributed by atoms with Gasteiger partial charge in [-0.25, -0.2) is 17.7 Å². The lowest BCUT2D eigenvalue weighted by Gasteiger charge is -2.39. The summed E-state index contributed by atoms with van der Waals surface area (Å²) in [5, 5.41) is 34.5. The summed E-state index contributed by atoms with van der Waals surface area (Å²) in [7, 11) is -2.37. The minimum Gasteiger partial charge on any atom is -0.508 e. The van der Waals surface area contributed by atoms with Crippen LogP contribution in [-0.4, -0.2) is 148 Å². The summed E-state index contributed by atoms with van der Waals surface area (Å²) in [6, 6.07) is 22.4. The van der Waals surface area contributed by atoms with Crippen LogP contribution in [0.25, 0.3) is 17.1 Å². The van der Waals surface area contributed by atoms with Crippen molar-refractivity contribution in [2.75, 3.05) is 86.8 Å². The number of hydrogen-bond acceptors (Lipinski definition) is 15. The number of piperidine rings is 1. The van der Waals surface area contributed by atoms with Gasteiger partial charge in [-0.2, -0.15) is 18.2 Å². The predicted octanol–water partition coefficient (Wildman–Crippen LogP) is 7.41. The van der Waals surface area contributed by atoms with Crippen molar-refractivity contribution in [3.8, 4) is 34.3 Å². The van der Waals surface area contributed by atoms with E-state index in [4.69, 9.17) is 4.74 Å². The van der Waals surface area contributed by atoms with Crippen molar-refractivity contribution in [1.29, 1.82) is 0 Å². The van der Waals surface area contributed by atoms with Crippen molar-refractivity contribution in [3.63, 3.8) is 0 Å². The molecule has 23 heteroatoms. The van der Waals surface area contributed by atoms with Crippen LogP contribution < -0.4 is 24.6 Å². The number of phenols is 2. The Morgan fingerprint density at radius 3 is 2.20 bits per heavy atom. The fourth-order valence-electron chi connectivity index (χ4n) is 9.98. The molecule has 3 aliphatic rings. The third kappa shape index (κ3) is 11.9. The van der Waals surface area contributed by atoms with Gasteiger partial charge in [0.1, 0.15) is 29.5 Å². The molecule has 4 aromatic carbocycles. The van der Waals surface area contributed by atoms with Crippen molar-refractivity contribution in [3.05, 3.63) is 113 Å². The maximum atomic E-state index is 13.4. The monoisotopic (exact) mass is 1070 g/mol. The fraction of sp³-hybridized carbons (Fsp3) is 0.396. The largest absolute Gasteiger partial charge is 0.508 e. The van der Waals surface area contributed by atoms with E-state index in [2.05, 4.69) is 40.2 Å². The summed E-state index contributed by atoms with van der Waals surface area (Å²) >= 11 is 0. The highest BCUT2D eigenvalue weighted by molar-refractivity contribution is 7.92. The molecule has 2 amide bonds. The first-order valence-electron chi connectivity index (χ1n) is 25.1. The Hall–Kier alpha value is -7.34. The van der Waals surface area contributed by atoms with Crippen LogP contribution in [0.1, 0.15) is 77.2 Å². The maximum absolute atomic E-state index is 13.4. The number of carbonyl (C=O) groups is 2. The van der Waals surface area contributed by atoms with Crippen molar-refractivity contribution in [2.24, 2.45) is 5.92 Å². The number of aromatic nitrogens is 5. The van der Waals surface area contributed by atoms with Gasteiger partial charge in [-0.3, -0.25) is 24.0 Å². The highest BCUT2D eigenvalue weighted by atomic mass is 32.2. The van der Waals surface area contributed by atoms with E-state index < -0.39 is 34.5 Å². The zero-order valence-corrected chi connectivity index (χ0v) is 43.7. The summed E-state index contributed by atoms with van der Waals surface area (Å²) in [5.74, 6) is -1.12. The standard InChI is InChI=1S/C53H61F3N12O7S/c1-6-75-46-25-36(13-16-41(46)59-52-57-28-43-48(60-52)68(76(5,73)74)42-10-8-7-9-38(42)51(72)63(43)4)31-64-19-17-35(18-20-64)30-66-23-21-65(22-24-66)29-34-11-14-37(15-12-34)67-47(40-26-39(33(2)3)44(69)27-45(40)70)61-62-49(67)50(71)58-32-53(54,55)56/h7-16,25-28,33,35,69-70H,6,17-24,29-32H2,1-5H3,(H,58,71)(H,57,59,60). The van der Waals surface area contributed by atoms with E-state index in [1.165, 1.54) is 27.8 Å². The molecule has 0 radical (unpaired) electrons. The summed E-state index contributed by atoms with van der Waals surface area (Å²) in [4.78, 5) is 44.3. The quantitative estimate of drug-likeness (QED) is 0.0743. The third-order valence-corrected chi connectivity index (χ3v) is 14.9. The van der Waals surface area contributed by atoms with Gasteiger partial charge in [0.2, 0.25) is 21.8 Å². The fourth-order valence-corrected chi connectivity index (χ4v) is 10.9. The molecule has 2 saturated heterocycles. The maximum Gasteiger partial charge on any atom is 0.405 e. The molecule has 19 nitrogen and oxygen atoms in total. The second-order valence-corrected chi connectivity index (χ2v) is 21.6. The second kappa shape index (κ2) is 22.1. The van der Waals surface area contributed by atoms with Crippen LogP contribution in [0.5, 0.6) is 17.2 Å².